The number of para-hydroxylation sites is 1. The minimum Gasteiger partial charge on any atom is -0.495 e. The lowest BCUT2D eigenvalue weighted by atomic mass is 10.0. The van der Waals surface area contributed by atoms with Crippen LogP contribution in [0.4, 0.5) is 17.3 Å². The Bertz CT molecular complexity index is 1480. The third-order valence-electron chi connectivity index (χ3n) is 5.55. The van der Waals surface area contributed by atoms with Gasteiger partial charge in [0.2, 0.25) is 11.9 Å². The van der Waals surface area contributed by atoms with E-state index in [2.05, 4.69) is 21.9 Å². The molecule has 37 heavy (non-hydrogen) atoms. The molecule has 3 aromatic carbocycles. The molecule has 9 nitrogen and oxygen atoms in total. The van der Waals surface area contributed by atoms with Gasteiger partial charge in [-0.2, -0.15) is 0 Å². The molecule has 1 heterocycles. The number of carbonyl (C=O) groups is 1. The van der Waals surface area contributed by atoms with Crippen LogP contribution in [0.3, 0.4) is 0 Å². The van der Waals surface area contributed by atoms with Gasteiger partial charge in [-0.25, -0.2) is 20.8 Å². The molecule has 0 aliphatic carbocycles. The van der Waals surface area contributed by atoms with Crippen molar-refractivity contribution >= 4 is 57.3 Å². The highest BCUT2D eigenvalue weighted by Gasteiger charge is 2.21. The van der Waals surface area contributed by atoms with Crippen molar-refractivity contribution in [1.82, 2.24) is 9.97 Å². The molecule has 4 rings (SSSR count). The van der Waals surface area contributed by atoms with Crippen molar-refractivity contribution < 1.29 is 19.0 Å². The first-order valence-corrected chi connectivity index (χ1v) is 11.6. The van der Waals surface area contributed by atoms with Crippen LogP contribution in [0.25, 0.3) is 22.0 Å². The second-order valence-electron chi connectivity index (χ2n) is 7.65. The van der Waals surface area contributed by atoms with E-state index in [0.717, 1.165) is 11.6 Å². The summed E-state index contributed by atoms with van der Waals surface area (Å²) in [7, 11) is 4.53. The summed E-state index contributed by atoms with van der Waals surface area (Å²) >= 11 is 13.2. The van der Waals surface area contributed by atoms with Crippen molar-refractivity contribution in [3.8, 4) is 28.4 Å². The molecular formula is C26H23Cl2N5O4. The number of anilines is 3. The van der Waals surface area contributed by atoms with E-state index in [1.807, 2.05) is 12.1 Å². The number of benzene rings is 3. The number of hydrogen-bond donors (Lipinski definition) is 2. The van der Waals surface area contributed by atoms with Gasteiger partial charge in [0.25, 0.3) is 0 Å². The third-order valence-corrected chi connectivity index (χ3v) is 6.30. The van der Waals surface area contributed by atoms with Gasteiger partial charge in [0.1, 0.15) is 22.9 Å². The number of halogens is 2. The maximum Gasteiger partial charge on any atom is 0.247 e. The van der Waals surface area contributed by atoms with E-state index in [1.54, 1.807) is 36.5 Å². The third kappa shape index (κ3) is 4.97. The Balaban J connectivity index is 1.78. The zero-order valence-electron chi connectivity index (χ0n) is 20.2. The standard InChI is InChI=1S/C26H23Cl2N5O4/c1-5-21(34)31-17-7-6-8-18(35-2)25(17)33(29)26-30-13-15-11-14(9-10-16(15)32-26)22-23(27)19(36-3)12-20(37-4)24(22)28/h5-13H,1,29H2,2-4H3,(H,31,34). The molecule has 0 saturated carbocycles. The molecule has 1 aromatic heterocycles. The van der Waals surface area contributed by atoms with Crippen LogP contribution in [0.15, 0.2) is 61.3 Å². The fraction of sp³-hybridized carbons (Fsp3) is 0.115. The Hall–Kier alpha value is -4.05. The van der Waals surface area contributed by atoms with E-state index < -0.39 is 5.91 Å². The second-order valence-corrected chi connectivity index (χ2v) is 8.40. The summed E-state index contributed by atoms with van der Waals surface area (Å²) in [5.74, 6) is 7.47. The van der Waals surface area contributed by atoms with Gasteiger partial charge in [-0.3, -0.25) is 4.79 Å². The average Bonchev–Trinajstić information content (AvgIpc) is 2.92. The number of methoxy groups -OCH3 is 3. The number of ether oxygens (including phenoxy) is 3. The molecule has 0 radical (unpaired) electrons. The summed E-state index contributed by atoms with van der Waals surface area (Å²) in [6.07, 6.45) is 2.78. The fourth-order valence-corrected chi connectivity index (χ4v) is 4.47. The van der Waals surface area contributed by atoms with Crippen LogP contribution in [0.5, 0.6) is 17.2 Å². The zero-order chi connectivity index (χ0) is 26.7. The lowest BCUT2D eigenvalue weighted by Gasteiger charge is -2.22. The van der Waals surface area contributed by atoms with Gasteiger partial charge in [0.15, 0.2) is 0 Å². The molecule has 0 saturated heterocycles. The topological polar surface area (TPSA) is 112 Å². The average molecular weight is 540 g/mol. The highest BCUT2D eigenvalue weighted by atomic mass is 35.5. The molecule has 0 bridgehead atoms. The zero-order valence-corrected chi connectivity index (χ0v) is 21.7. The van der Waals surface area contributed by atoms with E-state index in [9.17, 15) is 4.79 Å². The number of nitrogens with one attached hydrogen (secondary N) is 1. The summed E-state index contributed by atoms with van der Waals surface area (Å²) < 4.78 is 16.2. The van der Waals surface area contributed by atoms with Gasteiger partial charge in [-0.05, 0) is 35.9 Å². The van der Waals surface area contributed by atoms with Crippen molar-refractivity contribution in [2.75, 3.05) is 31.7 Å². The van der Waals surface area contributed by atoms with Crippen molar-refractivity contribution in [3.63, 3.8) is 0 Å². The predicted molar refractivity (Wildman–Crippen MR) is 146 cm³/mol. The number of nitrogens with two attached hydrogens (primary N) is 1. The summed E-state index contributed by atoms with van der Waals surface area (Å²) in [4.78, 5) is 21.0. The summed E-state index contributed by atoms with van der Waals surface area (Å²) in [6, 6.07) is 12.2. The van der Waals surface area contributed by atoms with Crippen molar-refractivity contribution in [3.05, 3.63) is 71.4 Å². The van der Waals surface area contributed by atoms with Crippen LogP contribution in [0.1, 0.15) is 0 Å². The minimum atomic E-state index is -0.402. The molecule has 11 heteroatoms. The predicted octanol–water partition coefficient (Wildman–Crippen LogP) is 5.77. The summed E-state index contributed by atoms with van der Waals surface area (Å²) in [5, 5.41) is 5.37. The van der Waals surface area contributed by atoms with Gasteiger partial charge in [-0.15, -0.1) is 0 Å². The van der Waals surface area contributed by atoms with Gasteiger partial charge >= 0.3 is 0 Å². The maximum absolute atomic E-state index is 11.9. The Morgan fingerprint density at radius 1 is 1.03 bits per heavy atom. The first-order valence-electron chi connectivity index (χ1n) is 10.8. The van der Waals surface area contributed by atoms with Crippen LogP contribution in [0, 0.1) is 0 Å². The number of aromatic nitrogens is 2. The molecule has 3 N–H and O–H groups in total. The summed E-state index contributed by atoms with van der Waals surface area (Å²) in [6.45, 7) is 3.48. The molecule has 1 amide bonds. The Kier molecular flexibility index (Phi) is 7.68. The molecule has 0 unspecified atom stereocenters. The second kappa shape index (κ2) is 10.9. The van der Waals surface area contributed by atoms with Crippen molar-refractivity contribution in [1.29, 1.82) is 0 Å². The van der Waals surface area contributed by atoms with Crippen LogP contribution in [-0.2, 0) is 4.79 Å². The Labute approximate surface area is 223 Å². The SMILES string of the molecule is C=CC(=O)Nc1cccc(OC)c1N(N)c1ncc2cc(-c3c(Cl)c(OC)cc(OC)c3Cl)ccc2n1. The largest absolute Gasteiger partial charge is 0.495 e. The molecule has 0 aliphatic rings. The van der Waals surface area contributed by atoms with E-state index in [-0.39, 0.29) is 5.95 Å². The lowest BCUT2D eigenvalue weighted by molar-refractivity contribution is -0.111. The van der Waals surface area contributed by atoms with E-state index in [1.165, 1.54) is 26.3 Å². The number of nitrogens with zero attached hydrogens (tertiary/aromatic N) is 3. The van der Waals surface area contributed by atoms with Crippen LogP contribution < -0.4 is 30.4 Å². The van der Waals surface area contributed by atoms with Crippen LogP contribution >= 0.6 is 23.2 Å². The normalized spacial score (nSPS) is 10.6. The van der Waals surface area contributed by atoms with E-state index in [0.29, 0.717) is 55.1 Å². The number of rotatable bonds is 8. The van der Waals surface area contributed by atoms with Gasteiger partial charge in [0.05, 0.1) is 42.6 Å². The minimum absolute atomic E-state index is 0.179. The van der Waals surface area contributed by atoms with Crippen LogP contribution in [-0.4, -0.2) is 37.2 Å². The molecular weight excluding hydrogens is 517 g/mol. The van der Waals surface area contributed by atoms with E-state index in [4.69, 9.17) is 43.3 Å². The van der Waals surface area contributed by atoms with E-state index >= 15 is 0 Å². The molecule has 0 atom stereocenters. The summed E-state index contributed by atoms with van der Waals surface area (Å²) in [5.41, 5.74) is 2.67. The quantitative estimate of drug-likeness (QED) is 0.165. The first kappa shape index (κ1) is 26.0. The number of hydrazine groups is 1. The molecule has 4 aromatic rings. The number of hydrogen-bond acceptors (Lipinski definition) is 8. The fourth-order valence-electron chi connectivity index (χ4n) is 3.75. The highest BCUT2D eigenvalue weighted by molar-refractivity contribution is 6.41. The number of fused-ring (bicyclic) bond motifs is 1. The monoisotopic (exact) mass is 539 g/mol. The van der Waals surface area contributed by atoms with Crippen molar-refractivity contribution in [2.24, 2.45) is 5.84 Å². The number of amides is 1. The van der Waals surface area contributed by atoms with Crippen molar-refractivity contribution in [2.45, 2.75) is 0 Å². The maximum atomic E-state index is 11.9. The lowest BCUT2D eigenvalue weighted by Crippen LogP contribution is -2.29. The smallest absolute Gasteiger partial charge is 0.247 e. The number of carbonyl (C=O) groups excluding carboxylic acids is 1. The van der Waals surface area contributed by atoms with Crippen LogP contribution in [0.2, 0.25) is 10.0 Å². The molecule has 0 fully saturated rings. The Morgan fingerprint density at radius 2 is 1.70 bits per heavy atom. The molecule has 0 aliphatic heterocycles. The van der Waals surface area contributed by atoms with Gasteiger partial charge in [-0.1, -0.05) is 41.9 Å². The first-order chi connectivity index (χ1) is 17.8. The molecule has 0 spiro atoms. The Morgan fingerprint density at radius 3 is 2.32 bits per heavy atom. The highest BCUT2D eigenvalue weighted by Crippen LogP contribution is 2.46. The van der Waals surface area contributed by atoms with Gasteiger partial charge < -0.3 is 19.5 Å². The van der Waals surface area contributed by atoms with Gasteiger partial charge in [0, 0.05) is 23.2 Å². The molecule has 190 valence electrons.